The second-order valence-electron chi connectivity index (χ2n) is 10.5. The normalized spacial score (nSPS) is 47.4. The van der Waals surface area contributed by atoms with Gasteiger partial charge in [-0.25, -0.2) is 0 Å². The van der Waals surface area contributed by atoms with Crippen LogP contribution in [0.25, 0.3) is 0 Å². The molecule has 3 fully saturated rings. The summed E-state index contributed by atoms with van der Waals surface area (Å²) in [4.78, 5) is 26.1. The van der Waals surface area contributed by atoms with Crippen molar-refractivity contribution in [2.24, 2.45) is 45.8 Å². The van der Waals surface area contributed by atoms with Gasteiger partial charge in [0.25, 0.3) is 0 Å². The van der Waals surface area contributed by atoms with E-state index in [0.717, 1.165) is 31.1 Å². The molecule has 2 N–H and O–H groups in total. The molecular formula is C24H36O5. The molecule has 4 bridgehead atoms. The van der Waals surface area contributed by atoms with Gasteiger partial charge in [-0.15, -0.1) is 0 Å². The minimum atomic E-state index is -1.21. The molecular weight excluding hydrogens is 368 g/mol. The summed E-state index contributed by atoms with van der Waals surface area (Å²) in [6.45, 7) is 9.27. The third-order valence-electron chi connectivity index (χ3n) is 9.24. The monoisotopic (exact) mass is 404 g/mol. The predicted molar refractivity (Wildman–Crippen MR) is 109 cm³/mol. The highest BCUT2D eigenvalue weighted by atomic mass is 16.5. The molecule has 0 aromatic heterocycles. The van der Waals surface area contributed by atoms with Gasteiger partial charge in [0.1, 0.15) is 11.7 Å². The van der Waals surface area contributed by atoms with Crippen molar-refractivity contribution in [3.63, 3.8) is 0 Å². The molecule has 29 heavy (non-hydrogen) atoms. The lowest BCUT2D eigenvalue weighted by molar-refractivity contribution is -0.186. The van der Waals surface area contributed by atoms with Crippen LogP contribution in [-0.2, 0) is 14.3 Å². The molecule has 0 aromatic rings. The molecule has 8 atom stereocenters. The number of hydrogen-bond donors (Lipinski definition) is 2. The third kappa shape index (κ3) is 2.29. The van der Waals surface area contributed by atoms with Crippen LogP contribution in [0.3, 0.4) is 0 Å². The molecule has 0 aliphatic heterocycles. The molecule has 5 heteroatoms. The van der Waals surface area contributed by atoms with Crippen LogP contribution in [0.5, 0.6) is 0 Å². The summed E-state index contributed by atoms with van der Waals surface area (Å²) in [5, 5.41) is 21.5. The molecule has 0 saturated heterocycles. The van der Waals surface area contributed by atoms with Gasteiger partial charge in [0, 0.05) is 12.0 Å². The zero-order valence-electron chi connectivity index (χ0n) is 18.2. The average Bonchev–Trinajstić information content (AvgIpc) is 3.20. The van der Waals surface area contributed by atoms with E-state index in [1.807, 2.05) is 13.8 Å². The number of allylic oxidation sites excluding steroid dienone is 1. The highest BCUT2D eigenvalue weighted by Crippen LogP contribution is 2.82. The number of unbranched alkanes of at least 4 members (excludes halogenated alkanes) is 1. The Balaban J connectivity index is 1.89. The van der Waals surface area contributed by atoms with Crippen LogP contribution in [0.1, 0.15) is 59.8 Å². The number of ether oxygens (including phenoxy) is 1. The van der Waals surface area contributed by atoms with E-state index in [2.05, 4.69) is 19.9 Å². The molecule has 4 unspecified atom stereocenters. The van der Waals surface area contributed by atoms with Crippen molar-refractivity contribution < 1.29 is 24.5 Å². The number of fused-ring (bicyclic) bond motifs is 2. The van der Waals surface area contributed by atoms with Gasteiger partial charge < -0.3 is 19.7 Å². The third-order valence-corrected chi connectivity index (χ3v) is 9.24. The summed E-state index contributed by atoms with van der Waals surface area (Å²) in [7, 11) is 0. The SMILES string of the molecule is CCCCOC[C@@]12CC3C(C)C(O)CC3[C@@]3(C=O)C[C@@H]1C=C(C(C)C)[C@@]23C(=O)O. The summed E-state index contributed by atoms with van der Waals surface area (Å²) in [6.07, 6.45) is 6.52. The maximum atomic E-state index is 13.2. The Labute approximate surface area is 173 Å². The van der Waals surface area contributed by atoms with Crippen LogP contribution >= 0.6 is 0 Å². The fraction of sp³-hybridized carbons (Fsp3) is 0.833. The fourth-order valence-corrected chi connectivity index (χ4v) is 8.11. The van der Waals surface area contributed by atoms with Gasteiger partial charge in [-0.3, -0.25) is 4.79 Å². The van der Waals surface area contributed by atoms with Crippen molar-refractivity contribution in [1.29, 1.82) is 0 Å². The van der Waals surface area contributed by atoms with Crippen LogP contribution in [0.15, 0.2) is 11.6 Å². The van der Waals surface area contributed by atoms with Crippen molar-refractivity contribution in [1.82, 2.24) is 0 Å². The van der Waals surface area contributed by atoms with Crippen molar-refractivity contribution in [3.05, 3.63) is 11.6 Å². The Hall–Kier alpha value is -1.20. The molecule has 3 saturated carbocycles. The highest BCUT2D eigenvalue weighted by Gasteiger charge is 2.84. The van der Waals surface area contributed by atoms with Crippen LogP contribution in [0.4, 0.5) is 0 Å². The number of carbonyl (C=O) groups excluding carboxylic acids is 1. The van der Waals surface area contributed by atoms with Crippen LogP contribution in [0.2, 0.25) is 0 Å². The maximum Gasteiger partial charge on any atom is 0.315 e. The van der Waals surface area contributed by atoms with E-state index < -0.39 is 28.3 Å². The number of rotatable bonds is 8. The van der Waals surface area contributed by atoms with Crippen molar-refractivity contribution in [2.45, 2.75) is 65.9 Å². The predicted octanol–water partition coefficient (Wildman–Crippen LogP) is 3.70. The molecule has 162 valence electrons. The second kappa shape index (κ2) is 6.91. The molecule has 0 spiro atoms. The number of carboxylic acids is 1. The number of aliphatic hydroxyl groups is 1. The van der Waals surface area contributed by atoms with E-state index in [1.165, 1.54) is 0 Å². The summed E-state index contributed by atoms with van der Waals surface area (Å²) in [5.41, 5.74) is -1.83. The van der Waals surface area contributed by atoms with Gasteiger partial charge in [-0.1, -0.05) is 45.8 Å². The van der Waals surface area contributed by atoms with Crippen LogP contribution in [0, 0.1) is 45.8 Å². The number of carboxylic acid groups (broad SMARTS) is 1. The van der Waals surface area contributed by atoms with Gasteiger partial charge in [0.05, 0.1) is 18.1 Å². The lowest BCUT2D eigenvalue weighted by Crippen LogP contribution is -2.63. The first-order valence-electron chi connectivity index (χ1n) is 11.4. The van der Waals surface area contributed by atoms with E-state index >= 15 is 0 Å². The highest BCUT2D eigenvalue weighted by molar-refractivity contribution is 5.90. The molecule has 4 aliphatic rings. The van der Waals surface area contributed by atoms with E-state index in [4.69, 9.17) is 4.74 Å². The summed E-state index contributed by atoms with van der Waals surface area (Å²) in [6, 6.07) is 0. The van der Waals surface area contributed by atoms with Crippen LogP contribution in [-0.4, -0.2) is 41.8 Å². The van der Waals surface area contributed by atoms with Gasteiger partial charge in [-0.05, 0) is 55.3 Å². The largest absolute Gasteiger partial charge is 0.481 e. The van der Waals surface area contributed by atoms with Gasteiger partial charge >= 0.3 is 5.97 Å². The Kier molecular flexibility index (Phi) is 5.02. The number of hydrogen-bond acceptors (Lipinski definition) is 4. The topological polar surface area (TPSA) is 83.8 Å². The quantitative estimate of drug-likeness (QED) is 0.366. The molecule has 0 amide bonds. The summed E-state index contributed by atoms with van der Waals surface area (Å²) >= 11 is 0. The average molecular weight is 405 g/mol. The van der Waals surface area contributed by atoms with E-state index in [9.17, 15) is 19.8 Å². The lowest BCUT2D eigenvalue weighted by atomic mass is 9.43. The van der Waals surface area contributed by atoms with E-state index in [1.54, 1.807) is 0 Å². The molecule has 0 aromatic carbocycles. The Morgan fingerprint density at radius 2 is 2.10 bits per heavy atom. The second-order valence-corrected chi connectivity index (χ2v) is 10.5. The summed E-state index contributed by atoms with van der Waals surface area (Å²) < 4.78 is 6.14. The molecule has 0 heterocycles. The maximum absolute atomic E-state index is 13.2. The Morgan fingerprint density at radius 1 is 1.38 bits per heavy atom. The number of carbonyl (C=O) groups is 2. The lowest BCUT2D eigenvalue weighted by Gasteiger charge is -2.58. The Bertz CT molecular complexity index is 729. The van der Waals surface area contributed by atoms with Crippen molar-refractivity contribution in [3.8, 4) is 0 Å². The zero-order valence-corrected chi connectivity index (χ0v) is 18.2. The minimum Gasteiger partial charge on any atom is -0.481 e. The molecule has 0 radical (unpaired) electrons. The van der Waals surface area contributed by atoms with E-state index in [-0.39, 0.29) is 29.6 Å². The first-order valence-corrected chi connectivity index (χ1v) is 11.4. The summed E-state index contributed by atoms with van der Waals surface area (Å²) in [5.74, 6) is -0.569. The van der Waals surface area contributed by atoms with Crippen molar-refractivity contribution in [2.75, 3.05) is 13.2 Å². The number of aliphatic carboxylic acids is 1. The van der Waals surface area contributed by atoms with Gasteiger partial charge in [0.15, 0.2) is 0 Å². The fourth-order valence-electron chi connectivity index (χ4n) is 8.11. The number of aldehydes is 1. The molecule has 4 rings (SSSR count). The van der Waals surface area contributed by atoms with Gasteiger partial charge in [-0.2, -0.15) is 0 Å². The zero-order chi connectivity index (χ0) is 21.2. The smallest absolute Gasteiger partial charge is 0.315 e. The first-order chi connectivity index (χ1) is 13.7. The Morgan fingerprint density at radius 3 is 2.69 bits per heavy atom. The first kappa shape index (κ1) is 21.0. The number of aliphatic hydroxyl groups excluding tert-OH is 1. The van der Waals surface area contributed by atoms with Crippen LogP contribution < -0.4 is 0 Å². The van der Waals surface area contributed by atoms with Crippen molar-refractivity contribution >= 4 is 12.3 Å². The van der Waals surface area contributed by atoms with Gasteiger partial charge in [0.2, 0.25) is 0 Å². The van der Waals surface area contributed by atoms with E-state index in [0.29, 0.717) is 26.1 Å². The molecule has 5 nitrogen and oxygen atoms in total. The minimum absolute atomic E-state index is 0.0535. The standard InChI is InChI=1S/C24H36O5/c1-5-6-7-29-13-23-11-17-15(4)20(26)9-19(17)22(12-25)10-16(23)8-18(14(2)3)24(22,23)21(27)28/h8,12,14-17,19-20,26H,5-7,9-11,13H2,1-4H3,(H,27,28)/t15?,16-,17?,19?,20?,22-,23-,24-/m0/s1. The molecule has 4 aliphatic carbocycles.